The molecule has 27 heavy (non-hydrogen) atoms. The van der Waals surface area contributed by atoms with Crippen molar-refractivity contribution >= 4 is 51.1 Å². The van der Waals surface area contributed by atoms with Crippen molar-refractivity contribution in [2.75, 3.05) is 0 Å². The average molecular weight is 407 g/mol. The zero-order valence-corrected chi connectivity index (χ0v) is 15.9. The standard InChI is InChI=1S/C17H15ClN4O4S/c1-8-12-7-13(16(24)26-9(2)14(23)20-17(19)25)27-15(12)22(21-8)11-5-3-4-10(18)6-11/h3-7,9H,1-2H3,(H3,19,20,23,25)/t9-/m0/s1. The molecular formula is C17H15ClN4O4S. The summed E-state index contributed by atoms with van der Waals surface area (Å²) in [6.45, 7) is 3.18. The van der Waals surface area contributed by atoms with Crippen molar-refractivity contribution in [2.45, 2.75) is 20.0 Å². The van der Waals surface area contributed by atoms with E-state index >= 15 is 0 Å². The first-order valence-corrected chi connectivity index (χ1v) is 9.02. The number of rotatable bonds is 4. The Morgan fingerprint density at radius 2 is 2.07 bits per heavy atom. The number of thiophene rings is 1. The summed E-state index contributed by atoms with van der Waals surface area (Å²) in [4.78, 5) is 35.8. The molecule has 2 aromatic heterocycles. The van der Waals surface area contributed by atoms with Crippen molar-refractivity contribution in [3.05, 3.63) is 45.9 Å². The number of halogens is 1. The molecule has 0 aliphatic heterocycles. The highest BCUT2D eigenvalue weighted by Gasteiger charge is 2.23. The molecule has 3 N–H and O–H groups in total. The van der Waals surface area contributed by atoms with E-state index in [9.17, 15) is 14.4 Å². The predicted molar refractivity (Wildman–Crippen MR) is 101 cm³/mol. The summed E-state index contributed by atoms with van der Waals surface area (Å²) in [6, 6.07) is 7.83. The van der Waals surface area contributed by atoms with Crippen LogP contribution in [0, 0.1) is 6.92 Å². The fourth-order valence-corrected chi connectivity index (χ4v) is 3.68. The van der Waals surface area contributed by atoms with Gasteiger partial charge in [-0.25, -0.2) is 14.3 Å². The summed E-state index contributed by atoms with van der Waals surface area (Å²) < 4.78 is 6.80. The Labute approximate surface area is 162 Å². The number of hydrogen-bond donors (Lipinski definition) is 2. The van der Waals surface area contributed by atoms with Crippen molar-refractivity contribution in [1.29, 1.82) is 0 Å². The Bertz CT molecular complexity index is 1060. The monoisotopic (exact) mass is 406 g/mol. The molecule has 3 rings (SSSR count). The smallest absolute Gasteiger partial charge is 0.349 e. The minimum atomic E-state index is -1.17. The highest BCUT2D eigenvalue weighted by Crippen LogP contribution is 2.31. The predicted octanol–water partition coefficient (Wildman–Crippen LogP) is 2.79. The normalized spacial score (nSPS) is 12.0. The maximum absolute atomic E-state index is 12.4. The van der Waals surface area contributed by atoms with Gasteiger partial charge in [0.1, 0.15) is 9.71 Å². The third kappa shape index (κ3) is 3.93. The number of nitrogens with zero attached hydrogens (tertiary/aromatic N) is 2. The number of esters is 1. The number of primary amides is 1. The van der Waals surface area contributed by atoms with E-state index in [1.165, 1.54) is 18.3 Å². The third-order valence-electron chi connectivity index (χ3n) is 3.70. The Morgan fingerprint density at radius 1 is 1.33 bits per heavy atom. The number of nitrogens with one attached hydrogen (secondary N) is 1. The molecular weight excluding hydrogens is 392 g/mol. The lowest BCUT2D eigenvalue weighted by atomic mass is 10.3. The van der Waals surface area contributed by atoms with Crippen LogP contribution in [-0.4, -0.2) is 33.8 Å². The number of benzene rings is 1. The Kier molecular flexibility index (Phi) is 5.15. The minimum absolute atomic E-state index is 0.306. The molecule has 0 radical (unpaired) electrons. The number of aryl methyl sites for hydroxylation is 1. The number of amides is 3. The van der Waals surface area contributed by atoms with E-state index in [2.05, 4.69) is 5.10 Å². The zero-order chi connectivity index (χ0) is 19.7. The molecule has 2 heterocycles. The molecule has 0 fully saturated rings. The average Bonchev–Trinajstić information content (AvgIpc) is 3.15. The van der Waals surface area contributed by atoms with E-state index in [1.54, 1.807) is 22.9 Å². The lowest BCUT2D eigenvalue weighted by Gasteiger charge is -2.10. The minimum Gasteiger partial charge on any atom is -0.448 e. The topological polar surface area (TPSA) is 116 Å². The third-order valence-corrected chi connectivity index (χ3v) is 5.02. The maximum Gasteiger partial charge on any atom is 0.349 e. The van der Waals surface area contributed by atoms with E-state index in [0.29, 0.717) is 9.90 Å². The van der Waals surface area contributed by atoms with Crippen LogP contribution in [0.4, 0.5) is 4.79 Å². The Morgan fingerprint density at radius 3 is 2.74 bits per heavy atom. The molecule has 1 aromatic carbocycles. The van der Waals surface area contributed by atoms with E-state index in [4.69, 9.17) is 22.1 Å². The molecule has 1 atom stereocenters. The number of imide groups is 1. The summed E-state index contributed by atoms with van der Waals surface area (Å²) in [6.07, 6.45) is -1.17. The molecule has 140 valence electrons. The lowest BCUT2D eigenvalue weighted by Crippen LogP contribution is -2.42. The van der Waals surface area contributed by atoms with E-state index in [0.717, 1.165) is 21.6 Å². The fraction of sp³-hybridized carbons (Fsp3) is 0.176. The van der Waals surface area contributed by atoms with Gasteiger partial charge in [-0.2, -0.15) is 5.10 Å². The van der Waals surface area contributed by atoms with Gasteiger partial charge in [0, 0.05) is 10.4 Å². The van der Waals surface area contributed by atoms with Gasteiger partial charge < -0.3 is 10.5 Å². The number of carbonyl (C=O) groups excluding carboxylic acids is 3. The SMILES string of the molecule is Cc1nn(-c2cccc(Cl)c2)c2sc(C(=O)O[C@@H](C)C(=O)NC(N)=O)cc12. The molecule has 10 heteroatoms. The number of ether oxygens (including phenoxy) is 1. The molecule has 0 aliphatic carbocycles. The van der Waals surface area contributed by atoms with Crippen molar-refractivity contribution in [1.82, 2.24) is 15.1 Å². The van der Waals surface area contributed by atoms with Crippen molar-refractivity contribution in [3.8, 4) is 5.69 Å². The molecule has 0 saturated carbocycles. The van der Waals surface area contributed by atoms with E-state index in [-0.39, 0.29) is 0 Å². The van der Waals surface area contributed by atoms with Gasteiger partial charge in [-0.15, -0.1) is 11.3 Å². The van der Waals surface area contributed by atoms with Gasteiger partial charge in [-0.05, 0) is 38.1 Å². The molecule has 0 aliphatic rings. The second-order valence-electron chi connectivity index (χ2n) is 5.71. The molecule has 0 spiro atoms. The first kappa shape index (κ1) is 18.9. The van der Waals surface area contributed by atoms with Gasteiger partial charge in [-0.1, -0.05) is 17.7 Å². The van der Waals surface area contributed by atoms with E-state index < -0.39 is 24.0 Å². The van der Waals surface area contributed by atoms with Crippen LogP contribution < -0.4 is 11.1 Å². The quantitative estimate of drug-likeness (QED) is 0.646. The van der Waals surface area contributed by atoms with Crippen LogP contribution in [0.3, 0.4) is 0 Å². The van der Waals surface area contributed by atoms with Crippen LogP contribution in [0.1, 0.15) is 22.3 Å². The number of urea groups is 1. The van der Waals surface area contributed by atoms with Gasteiger partial charge in [0.25, 0.3) is 5.91 Å². The van der Waals surface area contributed by atoms with Gasteiger partial charge >= 0.3 is 12.0 Å². The number of hydrogen-bond acceptors (Lipinski definition) is 6. The summed E-state index contributed by atoms with van der Waals surface area (Å²) >= 11 is 7.23. The Hall–Kier alpha value is -2.91. The number of fused-ring (bicyclic) bond motifs is 1. The summed E-state index contributed by atoms with van der Waals surface area (Å²) in [5.41, 5.74) is 6.38. The largest absolute Gasteiger partial charge is 0.448 e. The van der Waals surface area contributed by atoms with Crippen molar-refractivity contribution < 1.29 is 19.1 Å². The first-order valence-electron chi connectivity index (χ1n) is 7.82. The molecule has 0 saturated heterocycles. The lowest BCUT2D eigenvalue weighted by molar-refractivity contribution is -0.127. The number of aromatic nitrogens is 2. The molecule has 3 aromatic rings. The van der Waals surface area contributed by atoms with Gasteiger partial charge in [-0.3, -0.25) is 10.1 Å². The number of nitrogens with two attached hydrogens (primary N) is 1. The van der Waals surface area contributed by atoms with Crippen LogP contribution in [0.5, 0.6) is 0 Å². The van der Waals surface area contributed by atoms with Crippen LogP contribution in [0.2, 0.25) is 5.02 Å². The molecule has 0 unspecified atom stereocenters. The van der Waals surface area contributed by atoms with Crippen LogP contribution >= 0.6 is 22.9 Å². The van der Waals surface area contributed by atoms with Crippen molar-refractivity contribution in [3.63, 3.8) is 0 Å². The van der Waals surface area contributed by atoms with E-state index in [1.807, 2.05) is 24.4 Å². The van der Waals surface area contributed by atoms with Gasteiger partial charge in [0.2, 0.25) is 0 Å². The second-order valence-corrected chi connectivity index (χ2v) is 7.17. The molecule has 0 bridgehead atoms. The maximum atomic E-state index is 12.4. The van der Waals surface area contributed by atoms with Crippen LogP contribution in [0.15, 0.2) is 30.3 Å². The highest BCUT2D eigenvalue weighted by molar-refractivity contribution is 7.20. The molecule has 8 nitrogen and oxygen atoms in total. The van der Waals surface area contributed by atoms with Gasteiger partial charge in [0.15, 0.2) is 6.10 Å². The second kappa shape index (κ2) is 7.37. The first-order chi connectivity index (χ1) is 12.8. The zero-order valence-electron chi connectivity index (χ0n) is 14.4. The van der Waals surface area contributed by atoms with Gasteiger partial charge in [0.05, 0.1) is 11.4 Å². The highest BCUT2D eigenvalue weighted by atomic mass is 35.5. The van der Waals surface area contributed by atoms with Crippen LogP contribution in [0.25, 0.3) is 15.9 Å². The Balaban J connectivity index is 1.89. The summed E-state index contributed by atoms with van der Waals surface area (Å²) in [5.74, 6) is -1.47. The van der Waals surface area contributed by atoms with Crippen molar-refractivity contribution in [2.24, 2.45) is 5.73 Å². The molecule has 3 amide bonds. The fourth-order valence-electron chi connectivity index (χ4n) is 2.43. The summed E-state index contributed by atoms with van der Waals surface area (Å²) in [7, 11) is 0. The van der Waals surface area contributed by atoms with Crippen LogP contribution in [-0.2, 0) is 9.53 Å². The number of carbonyl (C=O) groups is 3. The summed E-state index contributed by atoms with van der Waals surface area (Å²) in [5, 5.41) is 7.71.